The lowest BCUT2D eigenvalue weighted by atomic mass is 9.97. The van der Waals surface area contributed by atoms with E-state index in [0.717, 1.165) is 34.4 Å². The number of nitrogens with zero attached hydrogens (tertiary/aromatic N) is 3. The van der Waals surface area contributed by atoms with Crippen molar-refractivity contribution in [3.63, 3.8) is 0 Å². The molecular weight excluding hydrogens is 358 g/mol. The van der Waals surface area contributed by atoms with E-state index >= 15 is 0 Å². The van der Waals surface area contributed by atoms with Crippen molar-refractivity contribution in [3.8, 4) is 0 Å². The molecule has 0 bridgehead atoms. The Morgan fingerprint density at radius 2 is 2.04 bits per heavy atom. The summed E-state index contributed by atoms with van der Waals surface area (Å²) < 4.78 is 9.33. The van der Waals surface area contributed by atoms with Crippen LogP contribution in [0.25, 0.3) is 16.3 Å². The van der Waals surface area contributed by atoms with E-state index in [4.69, 9.17) is 4.74 Å². The van der Waals surface area contributed by atoms with Gasteiger partial charge >= 0.3 is 0 Å². The summed E-state index contributed by atoms with van der Waals surface area (Å²) in [6.07, 6.45) is 3.09. The second-order valence-electron chi connectivity index (χ2n) is 6.77. The van der Waals surface area contributed by atoms with Crippen molar-refractivity contribution in [2.45, 2.75) is 19.9 Å². The molecule has 0 saturated carbocycles. The smallest absolute Gasteiger partial charge is 0.253 e. The fourth-order valence-corrected chi connectivity index (χ4v) is 3.96. The first-order chi connectivity index (χ1) is 13.1. The predicted molar refractivity (Wildman–Crippen MR) is 108 cm³/mol. The van der Waals surface area contributed by atoms with Crippen LogP contribution < -0.4 is 0 Å². The molecule has 6 heteroatoms. The first-order valence-corrected chi connectivity index (χ1v) is 9.73. The molecule has 4 rings (SSSR count). The molecule has 0 N–H and O–H groups in total. The molecule has 0 atom stereocenters. The molecule has 0 radical (unpaired) electrons. The average Bonchev–Trinajstić information content (AvgIpc) is 3.11. The number of hydrogen-bond donors (Lipinski definition) is 0. The van der Waals surface area contributed by atoms with Gasteiger partial charge in [0.2, 0.25) is 0 Å². The highest BCUT2D eigenvalue weighted by atomic mass is 32.1. The van der Waals surface area contributed by atoms with Crippen molar-refractivity contribution in [1.82, 2.24) is 14.5 Å². The van der Waals surface area contributed by atoms with Crippen molar-refractivity contribution >= 4 is 33.8 Å². The molecule has 138 valence electrons. The molecule has 0 spiro atoms. The van der Waals surface area contributed by atoms with Gasteiger partial charge in [0.15, 0.2) is 0 Å². The molecular formula is C21H21N3O2S. The summed E-state index contributed by atoms with van der Waals surface area (Å²) in [6, 6.07) is 12.3. The van der Waals surface area contributed by atoms with Crippen LogP contribution in [0.5, 0.6) is 0 Å². The van der Waals surface area contributed by atoms with Crippen LogP contribution in [0.1, 0.15) is 32.9 Å². The number of aromatic nitrogens is 2. The fourth-order valence-electron chi connectivity index (χ4n) is 3.27. The van der Waals surface area contributed by atoms with E-state index in [1.807, 2.05) is 32.2 Å². The molecule has 3 aromatic rings. The number of fused-ring (bicyclic) bond motifs is 1. The van der Waals surface area contributed by atoms with Gasteiger partial charge in [-0.05, 0) is 65.0 Å². The molecule has 0 aliphatic carbocycles. The largest absolute Gasteiger partial charge is 0.377 e. The van der Waals surface area contributed by atoms with E-state index in [0.29, 0.717) is 18.7 Å². The molecule has 5 nitrogen and oxygen atoms in total. The molecule has 0 saturated heterocycles. The minimum Gasteiger partial charge on any atom is -0.377 e. The van der Waals surface area contributed by atoms with Gasteiger partial charge in [-0.2, -0.15) is 0 Å². The van der Waals surface area contributed by atoms with Crippen molar-refractivity contribution in [2.75, 3.05) is 20.3 Å². The Morgan fingerprint density at radius 3 is 2.78 bits per heavy atom. The number of rotatable bonds is 4. The number of carbonyl (C=O) groups is 1. The van der Waals surface area contributed by atoms with Gasteiger partial charge in [-0.1, -0.05) is 28.8 Å². The third-order valence-corrected chi connectivity index (χ3v) is 5.70. The Hall–Kier alpha value is -2.57. The van der Waals surface area contributed by atoms with Crippen LogP contribution >= 0.6 is 11.5 Å². The summed E-state index contributed by atoms with van der Waals surface area (Å²) in [4.78, 5) is 15.5. The standard InChI is InChI=1S/C21H21N3O2S/c1-14-20(27-23-22-14)13-24(2)21(25)19-6-5-17-11-16(3-4-18(17)12-19)15-7-9-26-10-8-15/h3-7,11-12H,8-10,13H2,1-2H3. The van der Waals surface area contributed by atoms with Crippen LogP contribution in [0.4, 0.5) is 0 Å². The summed E-state index contributed by atoms with van der Waals surface area (Å²) >= 11 is 1.34. The van der Waals surface area contributed by atoms with Gasteiger partial charge in [0, 0.05) is 12.6 Å². The molecule has 1 aliphatic heterocycles. The Kier molecular flexibility index (Phi) is 5.01. The lowest BCUT2D eigenvalue weighted by molar-refractivity contribution is 0.0786. The SMILES string of the molecule is Cc1nnsc1CN(C)C(=O)c1ccc2cc(C3=CCOCC3)ccc2c1. The number of hydrogen-bond acceptors (Lipinski definition) is 5. The highest BCUT2D eigenvalue weighted by Gasteiger charge is 2.15. The van der Waals surface area contributed by atoms with Crippen LogP contribution in [0, 0.1) is 6.92 Å². The lowest BCUT2D eigenvalue weighted by Crippen LogP contribution is -2.26. The van der Waals surface area contributed by atoms with Crippen molar-refractivity contribution in [3.05, 3.63) is 64.2 Å². The van der Waals surface area contributed by atoms with E-state index in [9.17, 15) is 4.79 Å². The Balaban J connectivity index is 1.56. The molecule has 2 heterocycles. The third kappa shape index (κ3) is 3.77. The van der Waals surface area contributed by atoms with Gasteiger partial charge in [-0.15, -0.1) is 5.10 Å². The Bertz CT molecular complexity index is 1030. The minimum absolute atomic E-state index is 0.000846. The molecule has 27 heavy (non-hydrogen) atoms. The molecule has 0 fully saturated rings. The Morgan fingerprint density at radius 1 is 1.22 bits per heavy atom. The zero-order valence-corrected chi connectivity index (χ0v) is 16.3. The van der Waals surface area contributed by atoms with E-state index in [2.05, 4.69) is 33.9 Å². The summed E-state index contributed by atoms with van der Waals surface area (Å²) in [7, 11) is 1.81. The summed E-state index contributed by atoms with van der Waals surface area (Å²) in [6.45, 7) is 3.90. The second-order valence-corrected chi connectivity index (χ2v) is 7.61. The van der Waals surface area contributed by atoms with Crippen LogP contribution in [0.15, 0.2) is 42.5 Å². The van der Waals surface area contributed by atoms with Crippen LogP contribution in [0.3, 0.4) is 0 Å². The molecule has 2 aromatic carbocycles. The quantitative estimate of drug-likeness (QED) is 0.685. The van der Waals surface area contributed by atoms with E-state index < -0.39 is 0 Å². The van der Waals surface area contributed by atoms with Crippen molar-refractivity contribution in [1.29, 1.82) is 0 Å². The van der Waals surface area contributed by atoms with Gasteiger partial charge in [0.25, 0.3) is 5.91 Å². The molecule has 0 unspecified atom stereocenters. The summed E-state index contributed by atoms with van der Waals surface area (Å²) in [5, 5.41) is 6.22. The number of carbonyl (C=O) groups excluding carboxylic acids is 1. The monoisotopic (exact) mass is 379 g/mol. The van der Waals surface area contributed by atoms with Crippen molar-refractivity contribution in [2.24, 2.45) is 0 Å². The van der Waals surface area contributed by atoms with E-state index in [-0.39, 0.29) is 5.91 Å². The normalized spacial score (nSPS) is 14.2. The van der Waals surface area contributed by atoms with E-state index in [1.165, 1.54) is 22.7 Å². The predicted octanol–water partition coefficient (Wildman–Crippen LogP) is 4.08. The van der Waals surface area contributed by atoms with Gasteiger partial charge in [0.05, 0.1) is 30.3 Å². The van der Waals surface area contributed by atoms with Gasteiger partial charge < -0.3 is 9.64 Å². The van der Waals surface area contributed by atoms with E-state index in [1.54, 1.807) is 4.90 Å². The van der Waals surface area contributed by atoms with Gasteiger partial charge in [0.1, 0.15) is 0 Å². The Labute approximate surface area is 162 Å². The number of benzene rings is 2. The molecule has 1 aliphatic rings. The minimum atomic E-state index is 0.000846. The zero-order chi connectivity index (χ0) is 18.8. The lowest BCUT2D eigenvalue weighted by Gasteiger charge is -2.17. The molecule has 1 amide bonds. The highest BCUT2D eigenvalue weighted by molar-refractivity contribution is 7.05. The maximum atomic E-state index is 12.8. The zero-order valence-electron chi connectivity index (χ0n) is 15.4. The van der Waals surface area contributed by atoms with Crippen LogP contribution in [0.2, 0.25) is 0 Å². The van der Waals surface area contributed by atoms with Crippen molar-refractivity contribution < 1.29 is 9.53 Å². The summed E-state index contributed by atoms with van der Waals surface area (Å²) in [5.74, 6) is 0.000846. The third-order valence-electron chi connectivity index (χ3n) is 4.89. The second kappa shape index (κ2) is 7.58. The van der Waals surface area contributed by atoms with Crippen LogP contribution in [-0.2, 0) is 11.3 Å². The fraction of sp³-hybridized carbons (Fsp3) is 0.286. The molecule has 1 aromatic heterocycles. The van der Waals surface area contributed by atoms with Crippen LogP contribution in [-0.4, -0.2) is 40.7 Å². The van der Waals surface area contributed by atoms with Gasteiger partial charge in [-0.3, -0.25) is 4.79 Å². The maximum absolute atomic E-state index is 12.8. The highest BCUT2D eigenvalue weighted by Crippen LogP contribution is 2.26. The number of aryl methyl sites for hydroxylation is 1. The number of ether oxygens (including phenoxy) is 1. The topological polar surface area (TPSA) is 55.3 Å². The average molecular weight is 379 g/mol. The maximum Gasteiger partial charge on any atom is 0.253 e. The first kappa shape index (κ1) is 17.8. The van der Waals surface area contributed by atoms with Gasteiger partial charge in [-0.25, -0.2) is 0 Å². The first-order valence-electron chi connectivity index (χ1n) is 8.96. The number of amides is 1. The summed E-state index contributed by atoms with van der Waals surface area (Å²) in [5.41, 5.74) is 4.14.